The van der Waals surface area contributed by atoms with E-state index in [1.165, 1.54) is 41.6 Å². The van der Waals surface area contributed by atoms with Crippen molar-refractivity contribution in [1.82, 2.24) is 0 Å². The van der Waals surface area contributed by atoms with Gasteiger partial charge in [-0.25, -0.2) is 0 Å². The van der Waals surface area contributed by atoms with Gasteiger partial charge >= 0.3 is 0 Å². The molecule has 1 saturated carbocycles. The van der Waals surface area contributed by atoms with Gasteiger partial charge in [0, 0.05) is 17.1 Å². The Kier molecular flexibility index (Phi) is 14.9. The number of aryl methyl sites for hydroxylation is 1. The first-order chi connectivity index (χ1) is 16.5. The highest BCUT2D eigenvalue weighted by Crippen LogP contribution is 2.52. The molecule has 0 radical (unpaired) electrons. The fraction of sp³-hybridized carbons (Fsp3) is 0.516. The number of carbonyl (C=O) groups excluding carboxylic acids is 1. The van der Waals surface area contributed by atoms with E-state index in [2.05, 4.69) is 69.6 Å². The van der Waals surface area contributed by atoms with Gasteiger partial charge in [-0.2, -0.15) is 0 Å². The van der Waals surface area contributed by atoms with Crippen LogP contribution < -0.4 is 5.32 Å². The second-order valence-corrected chi connectivity index (χ2v) is 8.71. The summed E-state index contributed by atoms with van der Waals surface area (Å²) in [7, 11) is 0. The molecule has 0 amide bonds. The molecular formula is C31H49NO2. The summed E-state index contributed by atoms with van der Waals surface area (Å²) in [5.74, 6) is 1.76. The average Bonchev–Trinajstić information content (AvgIpc) is 2.90. The molecule has 0 saturated heterocycles. The third kappa shape index (κ3) is 7.22. The van der Waals surface area contributed by atoms with E-state index in [9.17, 15) is 5.11 Å². The highest BCUT2D eigenvalue weighted by atomic mass is 16.3. The van der Waals surface area contributed by atoms with Crippen molar-refractivity contribution in [2.45, 2.75) is 92.0 Å². The molecule has 2 aliphatic rings. The molecule has 2 aromatic carbocycles. The molecular weight excluding hydrogens is 418 g/mol. The second kappa shape index (κ2) is 16.1. The van der Waals surface area contributed by atoms with Crippen molar-refractivity contribution in [2.75, 3.05) is 5.32 Å². The number of carbonyl (C=O) groups is 1. The molecule has 2 N–H and O–H groups in total. The zero-order valence-corrected chi connectivity index (χ0v) is 22.8. The molecule has 0 aliphatic heterocycles. The maximum atomic E-state index is 10.1. The van der Waals surface area contributed by atoms with Crippen molar-refractivity contribution >= 4 is 12.5 Å². The van der Waals surface area contributed by atoms with Gasteiger partial charge in [0.15, 0.2) is 0 Å². The SMILES string of the molecule is C=C.C=O.CC.CC.CCCc1ccc(NC2C3Cc4ccc(O)cc4[C@@]2(C)CCC3C)cc1. The third-order valence-corrected chi connectivity index (χ3v) is 6.94. The Morgan fingerprint density at radius 3 is 2.18 bits per heavy atom. The first-order valence-electron chi connectivity index (χ1n) is 13.0. The maximum absolute atomic E-state index is 10.1. The number of phenols is 1. The minimum absolute atomic E-state index is 0.0750. The highest BCUT2D eigenvalue weighted by molar-refractivity contribution is 5.51. The summed E-state index contributed by atoms with van der Waals surface area (Å²) in [6, 6.07) is 15.4. The van der Waals surface area contributed by atoms with Crippen molar-refractivity contribution < 1.29 is 9.90 Å². The predicted molar refractivity (Wildman–Crippen MR) is 150 cm³/mol. The van der Waals surface area contributed by atoms with E-state index in [1.807, 2.05) is 46.6 Å². The summed E-state index contributed by atoms with van der Waals surface area (Å²) in [6.45, 7) is 23.0. The van der Waals surface area contributed by atoms with Gasteiger partial charge in [-0.1, -0.05) is 73.1 Å². The van der Waals surface area contributed by atoms with Crippen LogP contribution in [0.1, 0.15) is 84.4 Å². The van der Waals surface area contributed by atoms with Crippen LogP contribution in [0.3, 0.4) is 0 Å². The first kappa shape index (κ1) is 31.4. The Balaban J connectivity index is 0.00000124. The number of nitrogens with one attached hydrogen (secondary N) is 1. The summed E-state index contributed by atoms with van der Waals surface area (Å²) in [5.41, 5.74) is 5.49. The van der Waals surface area contributed by atoms with Crippen LogP contribution in [-0.4, -0.2) is 17.9 Å². The van der Waals surface area contributed by atoms with Crippen molar-refractivity contribution in [3.8, 4) is 5.75 Å². The normalized spacial score (nSPS) is 23.4. The molecule has 34 heavy (non-hydrogen) atoms. The van der Waals surface area contributed by atoms with Crippen LogP contribution in [0, 0.1) is 11.8 Å². The lowest BCUT2D eigenvalue weighted by Crippen LogP contribution is -2.56. The average molecular weight is 468 g/mol. The van der Waals surface area contributed by atoms with Crippen molar-refractivity contribution in [1.29, 1.82) is 0 Å². The number of hydrogen-bond donors (Lipinski definition) is 2. The smallest absolute Gasteiger partial charge is 0.115 e. The first-order valence-corrected chi connectivity index (χ1v) is 13.0. The number of benzene rings is 2. The lowest BCUT2D eigenvalue weighted by Gasteiger charge is -2.54. The molecule has 1 fully saturated rings. The number of fused-ring (bicyclic) bond motifs is 4. The summed E-state index contributed by atoms with van der Waals surface area (Å²) < 4.78 is 0. The number of rotatable bonds is 4. The molecule has 0 aromatic heterocycles. The van der Waals surface area contributed by atoms with Gasteiger partial charge in [0.1, 0.15) is 12.5 Å². The molecule has 3 nitrogen and oxygen atoms in total. The standard InChI is InChI=1S/C24H31NO.2C2H6.C2H4.CH2O/c1-4-5-17-6-9-19(10-7-17)25-23-21-14-18-8-11-20(26)15-22(18)24(23,3)13-12-16(21)2;4*1-2/h6-11,15-16,21,23,25-26H,4-5,12-14H2,1-3H3;2*1-2H3;1-2H2;1H2/t16?,21?,23?,24-;;;;/m1..../s1. The van der Waals surface area contributed by atoms with E-state index in [0.717, 1.165) is 18.8 Å². The van der Waals surface area contributed by atoms with Crippen LogP contribution in [0.25, 0.3) is 0 Å². The molecule has 4 atom stereocenters. The molecule has 0 spiro atoms. The van der Waals surface area contributed by atoms with Gasteiger partial charge in [0.05, 0.1) is 0 Å². The summed E-state index contributed by atoms with van der Waals surface area (Å²) >= 11 is 0. The Bertz CT molecular complexity index is 815. The lowest BCUT2D eigenvalue weighted by molar-refractivity contribution is -0.0979. The summed E-state index contributed by atoms with van der Waals surface area (Å²) in [5, 5.41) is 14.0. The van der Waals surface area contributed by atoms with E-state index in [4.69, 9.17) is 4.79 Å². The Labute approximate surface area is 209 Å². The largest absolute Gasteiger partial charge is 0.508 e. The van der Waals surface area contributed by atoms with Gasteiger partial charge < -0.3 is 15.2 Å². The van der Waals surface area contributed by atoms with E-state index in [-0.39, 0.29) is 5.41 Å². The predicted octanol–water partition coefficient (Wildman–Crippen LogP) is 8.36. The molecule has 2 aromatic rings. The topological polar surface area (TPSA) is 49.3 Å². The van der Waals surface area contributed by atoms with Crippen molar-refractivity contribution in [3.05, 3.63) is 72.3 Å². The monoisotopic (exact) mass is 467 g/mol. The van der Waals surface area contributed by atoms with E-state index >= 15 is 0 Å². The summed E-state index contributed by atoms with van der Waals surface area (Å²) in [6.07, 6.45) is 5.88. The fourth-order valence-electron chi connectivity index (χ4n) is 5.35. The van der Waals surface area contributed by atoms with Crippen LogP contribution in [0.4, 0.5) is 5.69 Å². The van der Waals surface area contributed by atoms with Crippen LogP contribution in [0.5, 0.6) is 5.75 Å². The van der Waals surface area contributed by atoms with Crippen LogP contribution in [-0.2, 0) is 23.1 Å². The van der Waals surface area contributed by atoms with Gasteiger partial charge in [0.25, 0.3) is 0 Å². The van der Waals surface area contributed by atoms with Crippen LogP contribution in [0.2, 0.25) is 0 Å². The number of phenolic OH excluding ortho intramolecular Hbond substituents is 1. The molecule has 0 heterocycles. The highest BCUT2D eigenvalue weighted by Gasteiger charge is 2.50. The third-order valence-electron chi connectivity index (χ3n) is 6.94. The Morgan fingerprint density at radius 2 is 1.62 bits per heavy atom. The van der Waals surface area contributed by atoms with Gasteiger partial charge in [0.2, 0.25) is 0 Å². The quantitative estimate of drug-likeness (QED) is 0.444. The number of anilines is 1. The minimum Gasteiger partial charge on any atom is -0.508 e. The van der Waals surface area contributed by atoms with Crippen LogP contribution >= 0.6 is 0 Å². The zero-order chi connectivity index (χ0) is 26.3. The van der Waals surface area contributed by atoms with Crippen molar-refractivity contribution in [3.63, 3.8) is 0 Å². The number of aromatic hydroxyl groups is 1. The fourth-order valence-corrected chi connectivity index (χ4v) is 5.35. The maximum Gasteiger partial charge on any atom is 0.115 e. The molecule has 2 bridgehead atoms. The molecule has 3 unspecified atom stereocenters. The second-order valence-electron chi connectivity index (χ2n) is 8.71. The molecule has 4 rings (SSSR count). The van der Waals surface area contributed by atoms with Gasteiger partial charge in [-0.3, -0.25) is 0 Å². The van der Waals surface area contributed by atoms with E-state index in [1.54, 1.807) is 0 Å². The van der Waals surface area contributed by atoms with Crippen LogP contribution in [0.15, 0.2) is 55.6 Å². The van der Waals surface area contributed by atoms with E-state index < -0.39 is 0 Å². The Hall–Kier alpha value is -2.55. The van der Waals surface area contributed by atoms with E-state index in [0.29, 0.717) is 17.7 Å². The molecule has 190 valence electrons. The van der Waals surface area contributed by atoms with Crippen molar-refractivity contribution in [2.24, 2.45) is 11.8 Å². The Morgan fingerprint density at radius 1 is 1.03 bits per heavy atom. The lowest BCUT2D eigenvalue weighted by atomic mass is 9.54. The minimum atomic E-state index is 0.0750. The summed E-state index contributed by atoms with van der Waals surface area (Å²) in [4.78, 5) is 8.00. The van der Waals surface area contributed by atoms with Gasteiger partial charge in [-0.15, -0.1) is 13.2 Å². The zero-order valence-electron chi connectivity index (χ0n) is 22.8. The molecule has 3 heteroatoms. The van der Waals surface area contributed by atoms with Gasteiger partial charge in [-0.05, 0) is 78.5 Å². The molecule has 2 aliphatic carbocycles. The number of hydrogen-bond acceptors (Lipinski definition) is 3.